The van der Waals surface area contributed by atoms with Gasteiger partial charge in [-0.2, -0.15) is 5.26 Å². The van der Waals surface area contributed by atoms with E-state index in [1.165, 1.54) is 30.3 Å². The molecule has 1 N–H and O–H groups in total. The summed E-state index contributed by atoms with van der Waals surface area (Å²) in [7, 11) is 0. The Balaban J connectivity index is 1.89. The first-order valence-electron chi connectivity index (χ1n) is 7.33. The Labute approximate surface area is 151 Å². The first-order valence-corrected chi connectivity index (χ1v) is 8.15. The van der Waals surface area contributed by atoms with Crippen LogP contribution in [0.25, 0.3) is 10.4 Å². The third-order valence-corrected chi connectivity index (χ3v) is 4.62. The van der Waals surface area contributed by atoms with Crippen molar-refractivity contribution in [1.82, 2.24) is 0 Å². The summed E-state index contributed by atoms with van der Waals surface area (Å²) in [6, 6.07) is 14.7. The number of nitro groups is 1. The second-order valence-corrected chi connectivity index (χ2v) is 6.29. The molecule has 26 heavy (non-hydrogen) atoms. The molecule has 1 heterocycles. The van der Waals surface area contributed by atoms with Crippen LogP contribution in [-0.4, -0.2) is 10.8 Å². The summed E-state index contributed by atoms with van der Waals surface area (Å²) in [5.41, 5.74) is 0.921. The van der Waals surface area contributed by atoms with Gasteiger partial charge in [0.1, 0.15) is 16.8 Å². The Hall–Kier alpha value is -3.57. The number of anilines is 1. The lowest BCUT2D eigenvalue weighted by Gasteiger charge is -2.03. The van der Waals surface area contributed by atoms with Crippen molar-refractivity contribution in [3.63, 3.8) is 0 Å². The van der Waals surface area contributed by atoms with Gasteiger partial charge in [0.25, 0.3) is 11.6 Å². The second kappa shape index (κ2) is 7.13. The van der Waals surface area contributed by atoms with E-state index in [4.69, 9.17) is 0 Å². The van der Waals surface area contributed by atoms with Gasteiger partial charge in [0.2, 0.25) is 0 Å². The molecule has 0 aliphatic carbocycles. The van der Waals surface area contributed by atoms with Crippen molar-refractivity contribution in [2.45, 2.75) is 0 Å². The molecule has 0 aliphatic heterocycles. The number of halogens is 1. The fraction of sp³-hybridized carbons (Fsp3) is 0. The minimum absolute atomic E-state index is 0.109. The molecule has 2 aromatic carbocycles. The van der Waals surface area contributed by atoms with Crippen LogP contribution in [-0.2, 0) is 0 Å². The number of benzene rings is 2. The van der Waals surface area contributed by atoms with E-state index >= 15 is 0 Å². The molecule has 8 heteroatoms. The maximum atomic E-state index is 13.0. The Kier molecular flexibility index (Phi) is 4.73. The Morgan fingerprint density at radius 1 is 1.19 bits per heavy atom. The Morgan fingerprint density at radius 2 is 1.92 bits per heavy atom. The van der Waals surface area contributed by atoms with Gasteiger partial charge in [-0.15, -0.1) is 11.3 Å². The van der Waals surface area contributed by atoms with Gasteiger partial charge in [-0.05, 0) is 29.8 Å². The van der Waals surface area contributed by atoms with E-state index in [1.807, 2.05) is 6.07 Å². The molecule has 3 rings (SSSR count). The zero-order chi connectivity index (χ0) is 18.7. The van der Waals surface area contributed by atoms with Crippen LogP contribution in [0, 0.1) is 27.3 Å². The monoisotopic (exact) mass is 367 g/mol. The molecule has 0 aliphatic rings. The van der Waals surface area contributed by atoms with Crippen LogP contribution in [0.1, 0.15) is 15.2 Å². The third kappa shape index (κ3) is 3.58. The normalized spacial score (nSPS) is 10.2. The lowest BCUT2D eigenvalue weighted by Crippen LogP contribution is -2.12. The number of nitro benzene ring substituents is 1. The van der Waals surface area contributed by atoms with Crippen LogP contribution in [0.5, 0.6) is 0 Å². The highest BCUT2D eigenvalue weighted by Gasteiger charge is 2.16. The molecular weight excluding hydrogens is 357 g/mol. The van der Waals surface area contributed by atoms with Crippen molar-refractivity contribution in [3.05, 3.63) is 81.0 Å². The van der Waals surface area contributed by atoms with E-state index < -0.39 is 10.8 Å². The summed E-state index contributed by atoms with van der Waals surface area (Å²) in [6.07, 6.45) is 0. The molecule has 0 unspecified atom stereocenters. The number of carbonyl (C=O) groups excluding carboxylic acids is 1. The van der Waals surface area contributed by atoms with Crippen LogP contribution in [0.3, 0.4) is 0 Å². The molecule has 1 amide bonds. The quantitative estimate of drug-likeness (QED) is 0.539. The first-order chi connectivity index (χ1) is 12.5. The van der Waals surface area contributed by atoms with E-state index in [1.54, 1.807) is 18.2 Å². The van der Waals surface area contributed by atoms with Gasteiger partial charge in [-0.1, -0.05) is 18.2 Å². The zero-order valence-corrected chi connectivity index (χ0v) is 13.9. The zero-order valence-electron chi connectivity index (χ0n) is 13.1. The number of nitriles is 1. The van der Waals surface area contributed by atoms with Crippen LogP contribution in [0.4, 0.5) is 15.8 Å². The number of carbonyl (C=O) groups is 1. The number of hydrogen-bond donors (Lipinski definition) is 1. The summed E-state index contributed by atoms with van der Waals surface area (Å²) < 4.78 is 13.0. The van der Waals surface area contributed by atoms with Crippen LogP contribution >= 0.6 is 11.3 Å². The Bertz CT molecular complexity index is 1040. The number of rotatable bonds is 4. The van der Waals surface area contributed by atoms with Crippen molar-refractivity contribution in [2.24, 2.45) is 0 Å². The topological polar surface area (TPSA) is 96.0 Å². The lowest BCUT2D eigenvalue weighted by atomic mass is 10.1. The number of amides is 1. The van der Waals surface area contributed by atoms with Crippen LogP contribution in [0.2, 0.25) is 0 Å². The number of thiophene rings is 1. The highest BCUT2D eigenvalue weighted by Crippen LogP contribution is 2.34. The summed E-state index contributed by atoms with van der Waals surface area (Å²) in [5, 5.41) is 22.7. The van der Waals surface area contributed by atoms with E-state index in [-0.39, 0.29) is 21.9 Å². The van der Waals surface area contributed by atoms with Gasteiger partial charge in [0, 0.05) is 22.6 Å². The van der Waals surface area contributed by atoms with E-state index in [0.717, 1.165) is 17.4 Å². The van der Waals surface area contributed by atoms with E-state index in [2.05, 4.69) is 5.32 Å². The van der Waals surface area contributed by atoms with E-state index in [0.29, 0.717) is 16.1 Å². The molecule has 0 saturated heterocycles. The maximum absolute atomic E-state index is 13.0. The smallest absolute Gasteiger partial charge is 0.270 e. The highest BCUT2D eigenvalue weighted by molar-refractivity contribution is 7.16. The van der Waals surface area contributed by atoms with Crippen LogP contribution < -0.4 is 5.32 Å². The molecule has 128 valence electrons. The maximum Gasteiger partial charge on any atom is 0.270 e. The molecule has 6 nitrogen and oxygen atoms in total. The molecule has 0 saturated carbocycles. The minimum Gasteiger partial charge on any atom is -0.320 e. The van der Waals surface area contributed by atoms with Gasteiger partial charge in [-0.25, -0.2) is 4.39 Å². The van der Waals surface area contributed by atoms with Gasteiger partial charge >= 0.3 is 0 Å². The largest absolute Gasteiger partial charge is 0.320 e. The summed E-state index contributed by atoms with van der Waals surface area (Å²) in [5.74, 6) is -0.932. The summed E-state index contributed by atoms with van der Waals surface area (Å²) in [6.45, 7) is 0. The van der Waals surface area contributed by atoms with Crippen molar-refractivity contribution < 1.29 is 14.1 Å². The summed E-state index contributed by atoms with van der Waals surface area (Å²) >= 11 is 1.16. The first kappa shape index (κ1) is 17.3. The molecule has 0 fully saturated rings. The molecule has 0 bridgehead atoms. The van der Waals surface area contributed by atoms with Crippen molar-refractivity contribution in [3.8, 4) is 16.5 Å². The average molecular weight is 367 g/mol. The minimum atomic E-state index is -0.589. The van der Waals surface area contributed by atoms with Crippen molar-refractivity contribution in [1.29, 1.82) is 5.26 Å². The number of non-ortho nitro benzene ring substituents is 1. The third-order valence-electron chi connectivity index (χ3n) is 3.53. The SMILES string of the molecule is N#Cc1sc(-c2ccc(F)cc2)cc1NC(=O)c1cccc([N+](=O)[O-])c1. The molecule has 0 spiro atoms. The van der Waals surface area contributed by atoms with Gasteiger partial charge in [-0.3, -0.25) is 14.9 Å². The van der Waals surface area contributed by atoms with Gasteiger partial charge in [0.15, 0.2) is 0 Å². The fourth-order valence-corrected chi connectivity index (χ4v) is 3.19. The van der Waals surface area contributed by atoms with Crippen LogP contribution in [0.15, 0.2) is 54.6 Å². The number of nitrogens with one attached hydrogen (secondary N) is 1. The standard InChI is InChI=1S/C18H10FN3O3S/c19-13-6-4-11(5-7-13)16-9-15(17(10-20)26-16)21-18(23)12-2-1-3-14(8-12)22(24)25/h1-9H,(H,21,23). The predicted octanol–water partition coefficient (Wildman–Crippen LogP) is 4.59. The van der Waals surface area contributed by atoms with Crippen molar-refractivity contribution >= 4 is 28.6 Å². The van der Waals surface area contributed by atoms with Crippen molar-refractivity contribution in [2.75, 3.05) is 5.32 Å². The molecule has 3 aromatic rings. The lowest BCUT2D eigenvalue weighted by molar-refractivity contribution is -0.384. The molecular formula is C18H10FN3O3S. The fourth-order valence-electron chi connectivity index (χ4n) is 2.28. The highest BCUT2D eigenvalue weighted by atomic mass is 32.1. The molecule has 0 radical (unpaired) electrons. The second-order valence-electron chi connectivity index (χ2n) is 5.23. The van der Waals surface area contributed by atoms with E-state index in [9.17, 15) is 24.6 Å². The number of hydrogen-bond acceptors (Lipinski definition) is 5. The van der Waals surface area contributed by atoms with Gasteiger partial charge in [0.05, 0.1) is 10.6 Å². The van der Waals surface area contributed by atoms with Gasteiger partial charge < -0.3 is 5.32 Å². The predicted molar refractivity (Wildman–Crippen MR) is 95.5 cm³/mol. The average Bonchev–Trinajstić information content (AvgIpc) is 3.05. The summed E-state index contributed by atoms with van der Waals surface area (Å²) in [4.78, 5) is 23.6. The Morgan fingerprint density at radius 3 is 2.58 bits per heavy atom. The number of nitrogens with zero attached hydrogens (tertiary/aromatic N) is 2. The molecule has 0 atom stereocenters. The molecule has 1 aromatic heterocycles.